The number of nitrogens with two attached hydrogens (primary N) is 2. The Morgan fingerprint density at radius 2 is 2.33 bits per heavy atom. The zero-order chi connectivity index (χ0) is 15.7. The summed E-state index contributed by atoms with van der Waals surface area (Å²) >= 11 is 1.39. The summed E-state index contributed by atoms with van der Waals surface area (Å²) in [6.45, 7) is 0.657. The molecule has 21 heavy (non-hydrogen) atoms. The number of aryl methyl sites for hydroxylation is 1. The minimum Gasteiger partial charge on any atom is -0.384 e. The van der Waals surface area contributed by atoms with Gasteiger partial charge in [-0.1, -0.05) is 0 Å². The fourth-order valence-electron chi connectivity index (χ4n) is 1.49. The zero-order valence-electron chi connectivity index (χ0n) is 11.7. The van der Waals surface area contributed by atoms with Crippen molar-refractivity contribution in [3.05, 3.63) is 33.2 Å². The highest BCUT2D eigenvalue weighted by molar-refractivity contribution is 7.13. The lowest BCUT2D eigenvalue weighted by Gasteiger charge is -2.02. The SMILES string of the molecule is CNC(=CNCCCCc1csc(N=C(N)N)n1)[N+](=O)[O-]. The first-order valence-electron chi connectivity index (χ1n) is 6.32. The van der Waals surface area contributed by atoms with Gasteiger partial charge in [-0.25, -0.2) is 4.98 Å². The Morgan fingerprint density at radius 3 is 2.95 bits per heavy atom. The quantitative estimate of drug-likeness (QED) is 0.168. The number of guanidine groups is 1. The van der Waals surface area contributed by atoms with Crippen LogP contribution >= 0.6 is 11.3 Å². The first-order chi connectivity index (χ1) is 10.0. The molecule has 0 aromatic carbocycles. The Balaban J connectivity index is 2.24. The second kappa shape index (κ2) is 8.74. The molecular weight excluding hydrogens is 294 g/mol. The highest BCUT2D eigenvalue weighted by Gasteiger charge is 2.03. The second-order valence-electron chi connectivity index (χ2n) is 4.11. The number of unbranched alkanes of at least 4 members (excludes halogenated alkanes) is 1. The maximum atomic E-state index is 10.5. The van der Waals surface area contributed by atoms with Crippen LogP contribution in [0.5, 0.6) is 0 Å². The van der Waals surface area contributed by atoms with E-state index in [0.29, 0.717) is 11.7 Å². The van der Waals surface area contributed by atoms with Gasteiger partial charge in [0.25, 0.3) is 0 Å². The van der Waals surface area contributed by atoms with Crippen molar-refractivity contribution in [1.82, 2.24) is 15.6 Å². The molecule has 0 amide bonds. The van der Waals surface area contributed by atoms with Gasteiger partial charge < -0.3 is 26.9 Å². The summed E-state index contributed by atoms with van der Waals surface area (Å²) in [6.07, 6.45) is 3.97. The molecule has 9 nitrogen and oxygen atoms in total. The van der Waals surface area contributed by atoms with E-state index >= 15 is 0 Å². The average Bonchev–Trinajstić information content (AvgIpc) is 2.84. The van der Waals surface area contributed by atoms with Crippen molar-refractivity contribution < 1.29 is 4.92 Å². The van der Waals surface area contributed by atoms with Gasteiger partial charge in [0, 0.05) is 11.9 Å². The third-order valence-electron chi connectivity index (χ3n) is 2.46. The summed E-state index contributed by atoms with van der Waals surface area (Å²) in [7, 11) is 1.51. The van der Waals surface area contributed by atoms with Crippen LogP contribution in [0.1, 0.15) is 18.5 Å². The lowest BCUT2D eigenvalue weighted by molar-refractivity contribution is -0.431. The van der Waals surface area contributed by atoms with Gasteiger partial charge in [-0.2, -0.15) is 4.99 Å². The predicted molar refractivity (Wildman–Crippen MR) is 82.7 cm³/mol. The summed E-state index contributed by atoms with van der Waals surface area (Å²) in [5.74, 6) is -0.0607. The largest absolute Gasteiger partial charge is 0.384 e. The molecular formula is C11H19N7O2S. The van der Waals surface area contributed by atoms with Gasteiger partial charge in [0.15, 0.2) is 5.96 Å². The van der Waals surface area contributed by atoms with E-state index in [1.807, 2.05) is 5.38 Å². The molecule has 0 radical (unpaired) electrons. The van der Waals surface area contributed by atoms with Gasteiger partial charge in [0.2, 0.25) is 5.13 Å². The number of aliphatic imine (C=N–C) groups is 1. The van der Waals surface area contributed by atoms with Gasteiger partial charge in [-0.05, 0) is 24.2 Å². The molecule has 0 saturated carbocycles. The summed E-state index contributed by atoms with van der Waals surface area (Å²) < 4.78 is 0. The fourth-order valence-corrected chi connectivity index (χ4v) is 2.23. The summed E-state index contributed by atoms with van der Waals surface area (Å²) in [5.41, 5.74) is 11.5. The Hall–Kier alpha value is -2.36. The minimum atomic E-state index is -0.479. The molecule has 0 atom stereocenters. The molecule has 0 unspecified atom stereocenters. The van der Waals surface area contributed by atoms with E-state index in [9.17, 15) is 10.1 Å². The Kier molecular flexibility index (Phi) is 6.95. The van der Waals surface area contributed by atoms with Crippen LogP contribution in [0.4, 0.5) is 5.13 Å². The van der Waals surface area contributed by atoms with Crippen LogP contribution in [0.15, 0.2) is 22.4 Å². The number of hydrogen-bond donors (Lipinski definition) is 4. The molecule has 1 aromatic rings. The van der Waals surface area contributed by atoms with Crippen LogP contribution in [-0.4, -0.2) is 29.5 Å². The average molecular weight is 313 g/mol. The molecule has 10 heteroatoms. The lowest BCUT2D eigenvalue weighted by atomic mass is 10.2. The highest BCUT2D eigenvalue weighted by atomic mass is 32.1. The normalized spacial score (nSPS) is 11.0. The predicted octanol–water partition coefficient (Wildman–Crippen LogP) is 0.255. The maximum absolute atomic E-state index is 10.5. The number of nitro groups is 1. The topological polar surface area (TPSA) is 144 Å². The van der Waals surface area contributed by atoms with E-state index in [2.05, 4.69) is 20.6 Å². The van der Waals surface area contributed by atoms with Crippen molar-refractivity contribution in [3.63, 3.8) is 0 Å². The molecule has 0 fully saturated rings. The van der Waals surface area contributed by atoms with Crippen LogP contribution in [0.2, 0.25) is 0 Å². The molecule has 1 heterocycles. The summed E-state index contributed by atoms with van der Waals surface area (Å²) in [5, 5.41) is 18.4. The molecule has 6 N–H and O–H groups in total. The Labute approximate surface area is 126 Å². The van der Waals surface area contributed by atoms with Gasteiger partial charge >= 0.3 is 5.82 Å². The summed E-state index contributed by atoms with van der Waals surface area (Å²) in [6, 6.07) is 0. The van der Waals surface area contributed by atoms with E-state index in [1.165, 1.54) is 24.6 Å². The van der Waals surface area contributed by atoms with Gasteiger partial charge in [0.1, 0.15) is 0 Å². The standard InChI is InChI=1S/C11H19N7O2S/c1-14-9(18(19)20)6-15-5-3-2-4-8-7-21-11(16-8)17-10(12)13/h6-7,14-15H,2-5H2,1H3,(H4,12,13,16,17). The highest BCUT2D eigenvalue weighted by Crippen LogP contribution is 2.19. The van der Waals surface area contributed by atoms with Crippen molar-refractivity contribution in [2.24, 2.45) is 16.5 Å². The van der Waals surface area contributed by atoms with Gasteiger partial charge in [-0.3, -0.25) is 5.32 Å². The van der Waals surface area contributed by atoms with E-state index in [-0.39, 0.29) is 11.8 Å². The van der Waals surface area contributed by atoms with E-state index in [4.69, 9.17) is 11.5 Å². The molecule has 0 aliphatic carbocycles. The molecule has 116 valence electrons. The fraction of sp³-hybridized carbons (Fsp3) is 0.455. The van der Waals surface area contributed by atoms with Crippen LogP contribution in [-0.2, 0) is 6.42 Å². The Morgan fingerprint density at radius 1 is 1.57 bits per heavy atom. The van der Waals surface area contributed by atoms with Gasteiger partial charge in [-0.15, -0.1) is 11.3 Å². The number of hydrogen-bond acceptors (Lipinski definition) is 7. The van der Waals surface area contributed by atoms with Crippen molar-refractivity contribution in [3.8, 4) is 0 Å². The number of aromatic nitrogens is 1. The van der Waals surface area contributed by atoms with Crippen LogP contribution in [0.3, 0.4) is 0 Å². The number of nitrogens with one attached hydrogen (secondary N) is 2. The second-order valence-corrected chi connectivity index (χ2v) is 4.94. The van der Waals surface area contributed by atoms with Crippen molar-refractivity contribution >= 4 is 22.4 Å². The van der Waals surface area contributed by atoms with Gasteiger partial charge in [0.05, 0.1) is 18.9 Å². The lowest BCUT2D eigenvalue weighted by Crippen LogP contribution is -2.21. The third-order valence-corrected chi connectivity index (χ3v) is 3.24. The van der Waals surface area contributed by atoms with E-state index in [0.717, 1.165) is 25.0 Å². The molecule has 0 spiro atoms. The van der Waals surface area contributed by atoms with Crippen LogP contribution < -0.4 is 22.1 Å². The monoisotopic (exact) mass is 313 g/mol. The first-order valence-corrected chi connectivity index (χ1v) is 7.20. The minimum absolute atomic E-state index is 0.00184. The van der Waals surface area contributed by atoms with Crippen molar-refractivity contribution in [2.75, 3.05) is 13.6 Å². The van der Waals surface area contributed by atoms with Crippen molar-refractivity contribution in [2.45, 2.75) is 19.3 Å². The molecule has 0 aliphatic rings. The third kappa shape index (κ3) is 6.56. The van der Waals surface area contributed by atoms with E-state index in [1.54, 1.807) is 0 Å². The van der Waals surface area contributed by atoms with Crippen LogP contribution in [0, 0.1) is 10.1 Å². The first kappa shape index (κ1) is 16.7. The zero-order valence-corrected chi connectivity index (χ0v) is 12.5. The van der Waals surface area contributed by atoms with Crippen LogP contribution in [0.25, 0.3) is 0 Å². The maximum Gasteiger partial charge on any atom is 0.331 e. The number of nitrogens with zero attached hydrogens (tertiary/aromatic N) is 3. The molecule has 1 aromatic heterocycles. The number of rotatable bonds is 9. The Bertz CT molecular complexity index is 522. The number of thiazole rings is 1. The molecule has 1 rings (SSSR count). The smallest absolute Gasteiger partial charge is 0.331 e. The molecule has 0 bridgehead atoms. The van der Waals surface area contributed by atoms with E-state index < -0.39 is 4.92 Å². The van der Waals surface area contributed by atoms with Crippen molar-refractivity contribution in [1.29, 1.82) is 0 Å². The molecule has 0 aliphatic heterocycles. The summed E-state index contributed by atoms with van der Waals surface area (Å²) in [4.78, 5) is 18.2. The molecule has 0 saturated heterocycles.